The number of carbonyl (C=O) groups is 1. The van der Waals surface area contributed by atoms with Gasteiger partial charge in [0.15, 0.2) is 0 Å². The minimum absolute atomic E-state index is 0.224. The fourth-order valence-corrected chi connectivity index (χ4v) is 3.48. The first kappa shape index (κ1) is 17.2. The molecule has 0 radical (unpaired) electrons. The van der Waals surface area contributed by atoms with Crippen LogP contribution in [0.4, 0.5) is 0 Å². The molecule has 0 bridgehead atoms. The molecule has 0 saturated carbocycles. The van der Waals surface area contributed by atoms with Crippen LogP contribution in [0.3, 0.4) is 0 Å². The third-order valence-electron chi connectivity index (χ3n) is 4.65. The quantitative estimate of drug-likeness (QED) is 0.861. The molecule has 3 rings (SSSR count). The van der Waals surface area contributed by atoms with E-state index in [1.165, 1.54) is 5.57 Å². The van der Waals surface area contributed by atoms with Gasteiger partial charge in [-0.3, -0.25) is 4.79 Å². The lowest BCUT2D eigenvalue weighted by Gasteiger charge is -2.27. The summed E-state index contributed by atoms with van der Waals surface area (Å²) < 4.78 is 6.02. The van der Waals surface area contributed by atoms with Gasteiger partial charge in [-0.05, 0) is 43.4 Å². The summed E-state index contributed by atoms with van der Waals surface area (Å²) in [5.41, 5.74) is 4.26. The zero-order valence-corrected chi connectivity index (χ0v) is 14.8. The average molecular weight is 337 g/mol. The lowest BCUT2D eigenvalue weighted by molar-refractivity contribution is -0.139. The summed E-state index contributed by atoms with van der Waals surface area (Å²) in [4.78, 5) is 16.2. The predicted octanol–water partition coefficient (Wildman–Crippen LogP) is 4.81. The van der Waals surface area contributed by atoms with Gasteiger partial charge in [-0.25, -0.2) is 4.99 Å². The van der Waals surface area contributed by atoms with Crippen LogP contribution < -0.4 is 0 Å². The van der Waals surface area contributed by atoms with E-state index in [2.05, 4.69) is 24.9 Å². The van der Waals surface area contributed by atoms with Gasteiger partial charge in [0.25, 0.3) is 0 Å². The van der Waals surface area contributed by atoms with Gasteiger partial charge < -0.3 is 9.84 Å². The zero-order valence-electron chi connectivity index (χ0n) is 14.8. The number of allylic oxidation sites excluding steroid dienone is 5. The second-order valence-corrected chi connectivity index (χ2v) is 6.83. The Balaban J connectivity index is 1.91. The van der Waals surface area contributed by atoms with Crippen LogP contribution in [0.25, 0.3) is 5.57 Å². The topological polar surface area (TPSA) is 58.9 Å². The Kier molecular flexibility index (Phi) is 4.88. The number of hydrogen-bond acceptors (Lipinski definition) is 3. The number of benzene rings is 1. The van der Waals surface area contributed by atoms with Crippen molar-refractivity contribution < 1.29 is 14.6 Å². The van der Waals surface area contributed by atoms with Gasteiger partial charge in [-0.2, -0.15) is 0 Å². The summed E-state index contributed by atoms with van der Waals surface area (Å²) in [6.45, 7) is 6.20. The van der Waals surface area contributed by atoms with Crippen molar-refractivity contribution >= 4 is 17.4 Å². The SMILES string of the molecule is CC1=CC(C)=C(OC2=NC=C(c3ccccc3)CC2C(=O)O)C(C)C1. The minimum atomic E-state index is -0.909. The van der Waals surface area contributed by atoms with Crippen LogP contribution in [0, 0.1) is 11.8 Å². The van der Waals surface area contributed by atoms with Crippen molar-refractivity contribution in [3.05, 3.63) is 65.1 Å². The Hall–Kier alpha value is -2.62. The molecule has 1 aliphatic heterocycles. The van der Waals surface area contributed by atoms with Crippen molar-refractivity contribution in [3.8, 4) is 0 Å². The Labute approximate surface area is 148 Å². The van der Waals surface area contributed by atoms with Crippen LogP contribution in [0.5, 0.6) is 0 Å². The number of carboxylic acids is 1. The van der Waals surface area contributed by atoms with Gasteiger partial charge in [0, 0.05) is 12.1 Å². The molecule has 0 aromatic heterocycles. The molecule has 1 heterocycles. The molecule has 4 nitrogen and oxygen atoms in total. The Morgan fingerprint density at radius 3 is 2.56 bits per heavy atom. The first-order valence-corrected chi connectivity index (χ1v) is 8.56. The molecular weight excluding hydrogens is 314 g/mol. The van der Waals surface area contributed by atoms with Crippen molar-refractivity contribution in [2.24, 2.45) is 16.8 Å². The van der Waals surface area contributed by atoms with Crippen LogP contribution in [-0.2, 0) is 9.53 Å². The highest BCUT2D eigenvalue weighted by atomic mass is 16.5. The molecule has 130 valence electrons. The smallest absolute Gasteiger partial charge is 0.316 e. The second kappa shape index (κ2) is 7.09. The summed E-state index contributed by atoms with van der Waals surface area (Å²) in [5.74, 6) is -0.344. The number of nitrogens with zero attached hydrogens (tertiary/aromatic N) is 1. The molecule has 0 spiro atoms. The van der Waals surface area contributed by atoms with Gasteiger partial charge in [0.05, 0.1) is 0 Å². The Morgan fingerprint density at radius 2 is 1.92 bits per heavy atom. The summed E-state index contributed by atoms with van der Waals surface area (Å²) in [6.07, 6.45) is 5.13. The molecule has 25 heavy (non-hydrogen) atoms. The largest absolute Gasteiger partial charge is 0.481 e. The van der Waals surface area contributed by atoms with E-state index in [4.69, 9.17) is 4.74 Å². The van der Waals surface area contributed by atoms with Gasteiger partial charge in [0.2, 0.25) is 5.90 Å². The molecule has 2 unspecified atom stereocenters. The van der Waals surface area contributed by atoms with E-state index in [-0.39, 0.29) is 11.8 Å². The lowest BCUT2D eigenvalue weighted by Crippen LogP contribution is -2.29. The molecule has 4 heteroatoms. The standard InChI is InChI=1S/C21H23NO3/c1-13-9-14(2)19(15(3)10-13)25-20-18(21(23)24)11-17(12-22-20)16-7-5-4-6-8-16/h4-9,12,15,18H,10-11H2,1-3H3,(H,23,24). The number of aliphatic imine (C=N–C) groups is 1. The Morgan fingerprint density at radius 1 is 1.20 bits per heavy atom. The summed E-state index contributed by atoms with van der Waals surface area (Å²) in [6, 6.07) is 9.75. The highest BCUT2D eigenvalue weighted by Crippen LogP contribution is 2.33. The number of ether oxygens (including phenoxy) is 1. The lowest BCUT2D eigenvalue weighted by atomic mass is 9.90. The van der Waals surface area contributed by atoms with Crippen LogP contribution in [0.15, 0.2) is 64.5 Å². The van der Waals surface area contributed by atoms with Crippen molar-refractivity contribution in [2.75, 3.05) is 0 Å². The fraction of sp³-hybridized carbons (Fsp3) is 0.333. The van der Waals surface area contributed by atoms with Crippen LogP contribution in [-0.4, -0.2) is 17.0 Å². The highest BCUT2D eigenvalue weighted by Gasteiger charge is 2.32. The molecule has 0 saturated heterocycles. The second-order valence-electron chi connectivity index (χ2n) is 6.83. The van der Waals surface area contributed by atoms with E-state index >= 15 is 0 Å². The third-order valence-corrected chi connectivity index (χ3v) is 4.65. The molecule has 1 N–H and O–H groups in total. The van der Waals surface area contributed by atoms with Crippen molar-refractivity contribution in [2.45, 2.75) is 33.6 Å². The van der Waals surface area contributed by atoms with E-state index in [1.54, 1.807) is 6.20 Å². The number of rotatable bonds is 3. The van der Waals surface area contributed by atoms with E-state index in [1.807, 2.05) is 37.3 Å². The molecular formula is C21H23NO3. The van der Waals surface area contributed by atoms with Crippen LogP contribution in [0.2, 0.25) is 0 Å². The monoisotopic (exact) mass is 337 g/mol. The third kappa shape index (κ3) is 3.73. The highest BCUT2D eigenvalue weighted by molar-refractivity contribution is 6.01. The maximum Gasteiger partial charge on any atom is 0.316 e. The molecule has 1 aromatic rings. The van der Waals surface area contributed by atoms with E-state index in [0.29, 0.717) is 6.42 Å². The number of hydrogen-bond donors (Lipinski definition) is 1. The predicted molar refractivity (Wildman–Crippen MR) is 98.9 cm³/mol. The maximum atomic E-state index is 11.8. The van der Waals surface area contributed by atoms with Gasteiger partial charge in [0.1, 0.15) is 11.7 Å². The fourth-order valence-electron chi connectivity index (χ4n) is 3.48. The molecule has 2 aliphatic rings. The normalized spacial score (nSPS) is 23.6. The van der Waals surface area contributed by atoms with E-state index in [9.17, 15) is 9.90 Å². The van der Waals surface area contributed by atoms with Crippen LogP contribution in [0.1, 0.15) is 39.2 Å². The average Bonchev–Trinajstić information content (AvgIpc) is 2.58. The van der Waals surface area contributed by atoms with E-state index < -0.39 is 11.9 Å². The molecule has 1 aliphatic carbocycles. The first-order valence-electron chi connectivity index (χ1n) is 8.56. The van der Waals surface area contributed by atoms with Crippen LogP contribution >= 0.6 is 0 Å². The van der Waals surface area contributed by atoms with Gasteiger partial charge in [-0.15, -0.1) is 0 Å². The summed E-state index contributed by atoms with van der Waals surface area (Å²) in [5, 5.41) is 9.66. The Bertz CT molecular complexity index is 800. The van der Waals surface area contributed by atoms with Gasteiger partial charge >= 0.3 is 5.97 Å². The minimum Gasteiger partial charge on any atom is -0.481 e. The zero-order chi connectivity index (χ0) is 18.0. The maximum absolute atomic E-state index is 11.8. The summed E-state index contributed by atoms with van der Waals surface area (Å²) in [7, 11) is 0. The summed E-state index contributed by atoms with van der Waals surface area (Å²) >= 11 is 0. The number of carboxylic acid groups (broad SMARTS) is 1. The first-order chi connectivity index (χ1) is 12.0. The van der Waals surface area contributed by atoms with E-state index in [0.717, 1.165) is 28.9 Å². The molecule has 0 amide bonds. The van der Waals surface area contributed by atoms with Crippen molar-refractivity contribution in [1.29, 1.82) is 0 Å². The molecule has 2 atom stereocenters. The molecule has 0 fully saturated rings. The van der Waals surface area contributed by atoms with Crippen molar-refractivity contribution in [1.82, 2.24) is 0 Å². The molecule has 1 aromatic carbocycles. The van der Waals surface area contributed by atoms with Crippen molar-refractivity contribution in [3.63, 3.8) is 0 Å². The number of aliphatic carboxylic acids is 1. The van der Waals surface area contributed by atoms with Gasteiger partial charge in [-0.1, -0.05) is 48.9 Å².